The molecule has 0 aromatic heterocycles. The summed E-state index contributed by atoms with van der Waals surface area (Å²) in [5, 5.41) is 38.1. The maximum absolute atomic E-state index is 9.90. The van der Waals surface area contributed by atoms with Gasteiger partial charge in [-0.2, -0.15) is 0 Å². The number of benzene rings is 1. The monoisotopic (exact) mass is 286 g/mol. The van der Waals surface area contributed by atoms with E-state index in [0.717, 1.165) is 10.5 Å². The molecular weight excluding hydrogens is 268 g/mol. The molecule has 0 spiro atoms. The van der Waals surface area contributed by atoms with Gasteiger partial charge in [0.2, 0.25) is 0 Å². The van der Waals surface area contributed by atoms with E-state index >= 15 is 0 Å². The zero-order chi connectivity index (χ0) is 14.0. The van der Waals surface area contributed by atoms with Crippen molar-refractivity contribution in [2.24, 2.45) is 0 Å². The van der Waals surface area contributed by atoms with Crippen LogP contribution in [0.15, 0.2) is 29.2 Å². The Balaban J connectivity index is 2.03. The number of aliphatic hydroxyl groups is 4. The Labute approximate surface area is 115 Å². The molecular formula is C13H18O5S. The fourth-order valence-electron chi connectivity index (χ4n) is 1.94. The van der Waals surface area contributed by atoms with Gasteiger partial charge in [-0.25, -0.2) is 0 Å². The first-order valence-electron chi connectivity index (χ1n) is 6.07. The summed E-state index contributed by atoms with van der Waals surface area (Å²) in [5.41, 5.74) is 0.467. The summed E-state index contributed by atoms with van der Waals surface area (Å²) in [6.07, 6.45) is -4.47. The van der Waals surface area contributed by atoms with Crippen LogP contribution in [-0.2, 0) is 4.74 Å². The molecule has 2 rings (SSSR count). The van der Waals surface area contributed by atoms with Crippen molar-refractivity contribution in [1.29, 1.82) is 0 Å². The normalized spacial score (nSPS) is 32.5. The number of aliphatic hydroxyl groups excluding tert-OH is 4. The third-order valence-corrected chi connectivity index (χ3v) is 4.26. The predicted molar refractivity (Wildman–Crippen MR) is 70.8 cm³/mol. The smallest absolute Gasteiger partial charge is 0.136 e. The number of hydrogen-bond donors (Lipinski definition) is 4. The molecule has 1 aliphatic rings. The predicted octanol–water partition coefficient (Wildman–Crippen LogP) is -0.113. The van der Waals surface area contributed by atoms with Gasteiger partial charge in [-0.1, -0.05) is 29.5 Å². The molecule has 19 heavy (non-hydrogen) atoms. The minimum Gasteiger partial charge on any atom is -0.394 e. The van der Waals surface area contributed by atoms with Crippen LogP contribution in [-0.4, -0.2) is 56.9 Å². The molecule has 1 aliphatic heterocycles. The van der Waals surface area contributed by atoms with Crippen molar-refractivity contribution in [2.75, 3.05) is 6.61 Å². The van der Waals surface area contributed by atoms with Gasteiger partial charge in [0.1, 0.15) is 29.9 Å². The van der Waals surface area contributed by atoms with Crippen molar-refractivity contribution in [1.82, 2.24) is 0 Å². The highest BCUT2D eigenvalue weighted by molar-refractivity contribution is 7.99. The highest BCUT2D eigenvalue weighted by Gasteiger charge is 2.46. The third kappa shape index (κ3) is 3.28. The molecule has 0 unspecified atom stereocenters. The summed E-state index contributed by atoms with van der Waals surface area (Å²) >= 11 is 1.28. The van der Waals surface area contributed by atoms with Crippen molar-refractivity contribution in [3.63, 3.8) is 0 Å². The standard InChI is InChI=1S/C13H18O5S/c1-7-2-4-8(5-3-7)19-13-11(17)10(16)12(18-13)9(15)6-14/h2-5,9-17H,6H2,1H3/t9-,10-,11-,12+,13+/m1/s1. The highest BCUT2D eigenvalue weighted by atomic mass is 32.2. The molecule has 5 nitrogen and oxygen atoms in total. The Kier molecular flexibility index (Phi) is 4.83. The van der Waals surface area contributed by atoms with Crippen LogP contribution in [0.2, 0.25) is 0 Å². The van der Waals surface area contributed by atoms with E-state index in [0.29, 0.717) is 0 Å². The quantitative estimate of drug-likeness (QED) is 0.617. The van der Waals surface area contributed by atoms with Crippen LogP contribution in [0.4, 0.5) is 0 Å². The second-order valence-electron chi connectivity index (χ2n) is 4.63. The Bertz CT molecular complexity index is 410. The van der Waals surface area contributed by atoms with E-state index in [1.54, 1.807) is 0 Å². The van der Waals surface area contributed by atoms with E-state index in [4.69, 9.17) is 9.84 Å². The summed E-state index contributed by atoms with van der Waals surface area (Å²) in [5.74, 6) is 0. The van der Waals surface area contributed by atoms with Crippen LogP contribution in [0.3, 0.4) is 0 Å². The molecule has 1 saturated heterocycles. The van der Waals surface area contributed by atoms with Crippen LogP contribution >= 0.6 is 11.8 Å². The molecule has 0 bridgehead atoms. The maximum Gasteiger partial charge on any atom is 0.136 e. The largest absolute Gasteiger partial charge is 0.394 e. The fraction of sp³-hybridized carbons (Fsp3) is 0.538. The van der Waals surface area contributed by atoms with Gasteiger partial charge in [-0.3, -0.25) is 0 Å². The van der Waals surface area contributed by atoms with Gasteiger partial charge in [-0.05, 0) is 19.1 Å². The molecule has 1 heterocycles. The number of ether oxygens (including phenoxy) is 1. The SMILES string of the molecule is Cc1ccc(S[C@@H]2O[C@@H]([C@H](O)CO)[C@H](O)[C@H]2O)cc1. The van der Waals surface area contributed by atoms with Crippen molar-refractivity contribution >= 4 is 11.8 Å². The molecule has 0 saturated carbocycles. The molecule has 0 aliphatic carbocycles. The molecule has 5 atom stereocenters. The van der Waals surface area contributed by atoms with Crippen LogP contribution in [0, 0.1) is 6.92 Å². The van der Waals surface area contributed by atoms with Gasteiger partial charge in [-0.15, -0.1) is 0 Å². The highest BCUT2D eigenvalue weighted by Crippen LogP contribution is 2.35. The van der Waals surface area contributed by atoms with Crippen molar-refractivity contribution in [2.45, 2.75) is 41.7 Å². The van der Waals surface area contributed by atoms with E-state index in [-0.39, 0.29) is 0 Å². The van der Waals surface area contributed by atoms with Crippen molar-refractivity contribution < 1.29 is 25.2 Å². The summed E-state index contributed by atoms with van der Waals surface area (Å²) in [6.45, 7) is 1.46. The van der Waals surface area contributed by atoms with Gasteiger partial charge >= 0.3 is 0 Å². The lowest BCUT2D eigenvalue weighted by atomic mass is 10.1. The molecule has 1 aromatic carbocycles. The first-order chi connectivity index (χ1) is 9.02. The van der Waals surface area contributed by atoms with E-state index < -0.39 is 36.5 Å². The molecule has 1 aromatic rings. The maximum atomic E-state index is 9.90. The fourth-order valence-corrected chi connectivity index (χ4v) is 2.99. The lowest BCUT2D eigenvalue weighted by molar-refractivity contribution is -0.0713. The van der Waals surface area contributed by atoms with Crippen molar-refractivity contribution in [3.8, 4) is 0 Å². The lowest BCUT2D eigenvalue weighted by Crippen LogP contribution is -2.40. The van der Waals surface area contributed by atoms with Gasteiger partial charge in [0.25, 0.3) is 0 Å². The molecule has 6 heteroatoms. The third-order valence-electron chi connectivity index (χ3n) is 3.10. The minimum absolute atomic E-state index is 0.517. The van der Waals surface area contributed by atoms with Crippen LogP contribution in [0.25, 0.3) is 0 Å². The Morgan fingerprint density at radius 3 is 2.42 bits per heavy atom. The average molecular weight is 286 g/mol. The Morgan fingerprint density at radius 2 is 1.84 bits per heavy atom. The molecule has 4 N–H and O–H groups in total. The molecule has 106 valence electrons. The summed E-state index contributed by atoms with van der Waals surface area (Å²) in [6, 6.07) is 7.69. The minimum atomic E-state index is -1.20. The molecule has 0 radical (unpaired) electrons. The zero-order valence-corrected chi connectivity index (χ0v) is 11.3. The number of aryl methyl sites for hydroxylation is 1. The summed E-state index contributed by atoms with van der Waals surface area (Å²) in [4.78, 5) is 0.904. The number of hydrogen-bond acceptors (Lipinski definition) is 6. The average Bonchev–Trinajstić information content (AvgIpc) is 2.69. The van der Waals surface area contributed by atoms with Crippen LogP contribution in [0.5, 0.6) is 0 Å². The van der Waals surface area contributed by atoms with E-state index in [1.807, 2.05) is 31.2 Å². The zero-order valence-electron chi connectivity index (χ0n) is 10.5. The van der Waals surface area contributed by atoms with Gasteiger partial charge < -0.3 is 25.2 Å². The Morgan fingerprint density at radius 1 is 1.21 bits per heavy atom. The van der Waals surface area contributed by atoms with E-state index in [2.05, 4.69) is 0 Å². The van der Waals surface area contributed by atoms with Gasteiger partial charge in [0, 0.05) is 4.90 Å². The summed E-state index contributed by atoms with van der Waals surface area (Å²) < 4.78 is 5.43. The first-order valence-corrected chi connectivity index (χ1v) is 6.94. The second kappa shape index (κ2) is 6.21. The van der Waals surface area contributed by atoms with E-state index in [1.165, 1.54) is 11.8 Å². The van der Waals surface area contributed by atoms with Gasteiger partial charge in [0.15, 0.2) is 0 Å². The number of thioether (sulfide) groups is 1. The van der Waals surface area contributed by atoms with Gasteiger partial charge in [0.05, 0.1) is 6.61 Å². The summed E-state index contributed by atoms with van der Waals surface area (Å²) in [7, 11) is 0. The van der Waals surface area contributed by atoms with Crippen molar-refractivity contribution in [3.05, 3.63) is 29.8 Å². The number of rotatable bonds is 4. The molecule has 0 amide bonds. The van der Waals surface area contributed by atoms with E-state index in [9.17, 15) is 15.3 Å². The topological polar surface area (TPSA) is 90.2 Å². The second-order valence-corrected chi connectivity index (χ2v) is 5.80. The lowest BCUT2D eigenvalue weighted by Gasteiger charge is -2.18. The first kappa shape index (κ1) is 14.8. The Hall–Kier alpha value is -0.630. The molecule has 1 fully saturated rings. The van der Waals surface area contributed by atoms with Crippen LogP contribution < -0.4 is 0 Å². The van der Waals surface area contributed by atoms with Crippen LogP contribution in [0.1, 0.15) is 5.56 Å².